The Morgan fingerprint density at radius 2 is 2.04 bits per heavy atom. The van der Waals surface area contributed by atoms with Crippen molar-refractivity contribution >= 4 is 17.3 Å². The van der Waals surface area contributed by atoms with Crippen molar-refractivity contribution in [3.8, 4) is 0 Å². The Kier molecular flexibility index (Phi) is 6.41. The Hall–Kier alpha value is -2.36. The van der Waals surface area contributed by atoms with Gasteiger partial charge in [-0.2, -0.15) is 13.2 Å². The minimum atomic E-state index is -4.64. The second kappa shape index (κ2) is 8.35. The van der Waals surface area contributed by atoms with E-state index in [1.807, 2.05) is 0 Å². The number of nitro benzene ring substituents is 1. The second-order valence-corrected chi connectivity index (χ2v) is 6.00. The van der Waals surface area contributed by atoms with Gasteiger partial charge in [0.25, 0.3) is 5.69 Å². The molecule has 10 heteroatoms. The molecule has 0 aliphatic carbocycles. The van der Waals surface area contributed by atoms with Crippen molar-refractivity contribution < 1.29 is 27.6 Å². The summed E-state index contributed by atoms with van der Waals surface area (Å²) in [5.74, 6) is -0.333. The molecule has 1 aliphatic heterocycles. The van der Waals surface area contributed by atoms with Crippen molar-refractivity contribution in [1.29, 1.82) is 0 Å². The third kappa shape index (κ3) is 4.84. The fourth-order valence-corrected chi connectivity index (χ4v) is 2.92. The number of amides is 1. The molecule has 1 saturated heterocycles. The quantitative estimate of drug-likeness (QED) is 0.469. The van der Waals surface area contributed by atoms with Crippen LogP contribution in [0.1, 0.15) is 18.4 Å². The van der Waals surface area contributed by atoms with Gasteiger partial charge in [0.2, 0.25) is 5.91 Å². The van der Waals surface area contributed by atoms with Crippen molar-refractivity contribution in [3.05, 3.63) is 33.9 Å². The van der Waals surface area contributed by atoms with E-state index in [-0.39, 0.29) is 17.5 Å². The van der Waals surface area contributed by atoms with E-state index < -0.39 is 22.4 Å². The molecule has 1 aromatic rings. The lowest BCUT2D eigenvalue weighted by atomic mass is 9.95. The molecule has 0 saturated carbocycles. The minimum absolute atomic E-state index is 0.108. The maximum Gasteiger partial charge on any atom is 0.416 e. The fraction of sp³-hybridized carbons (Fsp3) is 0.562. The molecule has 1 fully saturated rings. The van der Waals surface area contributed by atoms with Gasteiger partial charge in [0.15, 0.2) is 0 Å². The lowest BCUT2D eigenvalue weighted by molar-refractivity contribution is -0.384. The second-order valence-electron chi connectivity index (χ2n) is 6.00. The number of piperidine rings is 1. The molecule has 7 nitrogen and oxygen atoms in total. The standard InChI is InChI=1S/C16H20F3N3O4/c1-26-9-6-20-15(23)11-4-7-21(8-5-11)13-3-2-12(16(17,18)19)10-14(13)22(24)25/h2-3,10-11H,4-9H2,1H3,(H,20,23). The van der Waals surface area contributed by atoms with Crippen LogP contribution in [0.3, 0.4) is 0 Å². The number of benzene rings is 1. The van der Waals surface area contributed by atoms with Gasteiger partial charge in [0.05, 0.1) is 17.1 Å². The number of rotatable bonds is 6. The molecule has 0 unspecified atom stereocenters. The number of alkyl halides is 3. The van der Waals surface area contributed by atoms with E-state index in [0.717, 1.165) is 12.1 Å². The van der Waals surface area contributed by atoms with Crippen LogP contribution in [-0.4, -0.2) is 44.2 Å². The monoisotopic (exact) mass is 375 g/mol. The van der Waals surface area contributed by atoms with Crippen LogP contribution in [0.25, 0.3) is 0 Å². The highest BCUT2D eigenvalue weighted by Gasteiger charge is 2.34. The first kappa shape index (κ1) is 20.0. The summed E-state index contributed by atoms with van der Waals surface area (Å²) in [5.41, 5.74) is -1.50. The van der Waals surface area contributed by atoms with Crippen molar-refractivity contribution in [2.45, 2.75) is 19.0 Å². The van der Waals surface area contributed by atoms with Gasteiger partial charge in [-0.3, -0.25) is 14.9 Å². The van der Waals surface area contributed by atoms with E-state index in [1.54, 1.807) is 4.90 Å². The summed E-state index contributed by atoms with van der Waals surface area (Å²) in [7, 11) is 1.53. The molecule has 1 amide bonds. The lowest BCUT2D eigenvalue weighted by Crippen LogP contribution is -2.41. The van der Waals surface area contributed by atoms with Crippen molar-refractivity contribution in [1.82, 2.24) is 5.32 Å². The number of nitrogens with zero attached hydrogens (tertiary/aromatic N) is 2. The van der Waals surface area contributed by atoms with Crippen LogP contribution in [0.15, 0.2) is 18.2 Å². The number of anilines is 1. The topological polar surface area (TPSA) is 84.7 Å². The number of halogens is 3. The number of carbonyl (C=O) groups excluding carboxylic acids is 1. The minimum Gasteiger partial charge on any atom is -0.383 e. The summed E-state index contributed by atoms with van der Waals surface area (Å²) in [6, 6.07) is 2.52. The third-order valence-electron chi connectivity index (χ3n) is 4.31. The van der Waals surface area contributed by atoms with Gasteiger partial charge in [-0.05, 0) is 25.0 Å². The predicted molar refractivity (Wildman–Crippen MR) is 87.9 cm³/mol. The van der Waals surface area contributed by atoms with Gasteiger partial charge in [0.1, 0.15) is 5.69 Å². The van der Waals surface area contributed by atoms with E-state index in [1.165, 1.54) is 7.11 Å². The van der Waals surface area contributed by atoms with Crippen LogP contribution in [0.4, 0.5) is 24.5 Å². The Labute approximate surface area is 148 Å². The number of methoxy groups -OCH3 is 1. The van der Waals surface area contributed by atoms with E-state index in [0.29, 0.717) is 45.1 Å². The summed E-state index contributed by atoms with van der Waals surface area (Å²) in [5, 5.41) is 13.9. The number of nitrogens with one attached hydrogen (secondary N) is 1. The van der Waals surface area contributed by atoms with Gasteiger partial charge in [-0.25, -0.2) is 0 Å². The molecular weight excluding hydrogens is 355 g/mol. The number of ether oxygens (including phenoxy) is 1. The maximum absolute atomic E-state index is 12.8. The first-order chi connectivity index (χ1) is 12.2. The molecule has 1 aliphatic rings. The Bertz CT molecular complexity index is 659. The smallest absolute Gasteiger partial charge is 0.383 e. The van der Waals surface area contributed by atoms with Gasteiger partial charge in [-0.1, -0.05) is 0 Å². The molecule has 26 heavy (non-hydrogen) atoms. The molecule has 144 valence electrons. The predicted octanol–water partition coefficient (Wildman–Crippen LogP) is 2.59. The van der Waals surface area contributed by atoms with Gasteiger partial charge in [0, 0.05) is 38.7 Å². The zero-order chi connectivity index (χ0) is 19.3. The normalized spacial score (nSPS) is 15.8. The third-order valence-corrected chi connectivity index (χ3v) is 4.31. The van der Waals surface area contributed by atoms with Crippen LogP contribution >= 0.6 is 0 Å². The molecule has 1 heterocycles. The molecule has 0 aromatic heterocycles. The summed E-state index contributed by atoms with van der Waals surface area (Å²) >= 11 is 0. The van der Waals surface area contributed by atoms with Gasteiger partial charge < -0.3 is 15.0 Å². The average molecular weight is 375 g/mol. The Morgan fingerprint density at radius 3 is 2.58 bits per heavy atom. The Morgan fingerprint density at radius 1 is 1.38 bits per heavy atom. The van der Waals surface area contributed by atoms with E-state index in [4.69, 9.17) is 4.74 Å². The Balaban J connectivity index is 2.07. The SMILES string of the molecule is COCCNC(=O)C1CCN(c2ccc(C(F)(F)F)cc2[N+](=O)[O-])CC1. The molecule has 0 bridgehead atoms. The summed E-state index contributed by atoms with van der Waals surface area (Å²) in [6.07, 6.45) is -3.70. The summed E-state index contributed by atoms with van der Waals surface area (Å²) in [4.78, 5) is 24.1. The maximum atomic E-state index is 12.8. The molecule has 0 radical (unpaired) electrons. The highest BCUT2D eigenvalue weighted by Crippen LogP contribution is 2.37. The largest absolute Gasteiger partial charge is 0.416 e. The lowest BCUT2D eigenvalue weighted by Gasteiger charge is -2.32. The first-order valence-electron chi connectivity index (χ1n) is 8.11. The van der Waals surface area contributed by atoms with Crippen LogP contribution in [0.2, 0.25) is 0 Å². The summed E-state index contributed by atoms with van der Waals surface area (Å²) < 4.78 is 43.2. The molecular formula is C16H20F3N3O4. The van der Waals surface area contributed by atoms with E-state index in [2.05, 4.69) is 5.32 Å². The fourth-order valence-electron chi connectivity index (χ4n) is 2.92. The van der Waals surface area contributed by atoms with Crippen LogP contribution < -0.4 is 10.2 Å². The molecule has 1 N–H and O–H groups in total. The number of hydrogen-bond donors (Lipinski definition) is 1. The molecule has 0 spiro atoms. The molecule has 2 rings (SSSR count). The van der Waals surface area contributed by atoms with E-state index >= 15 is 0 Å². The first-order valence-corrected chi connectivity index (χ1v) is 8.11. The van der Waals surface area contributed by atoms with Crippen molar-refractivity contribution in [3.63, 3.8) is 0 Å². The van der Waals surface area contributed by atoms with Crippen LogP contribution in [0, 0.1) is 16.0 Å². The molecule has 1 aromatic carbocycles. The summed E-state index contributed by atoms with van der Waals surface area (Å²) in [6.45, 7) is 1.52. The van der Waals surface area contributed by atoms with Gasteiger partial charge in [-0.15, -0.1) is 0 Å². The highest BCUT2D eigenvalue weighted by molar-refractivity contribution is 5.79. The number of hydrogen-bond acceptors (Lipinski definition) is 5. The molecule has 0 atom stereocenters. The number of nitro groups is 1. The van der Waals surface area contributed by atoms with E-state index in [9.17, 15) is 28.1 Å². The zero-order valence-electron chi connectivity index (χ0n) is 14.2. The highest BCUT2D eigenvalue weighted by atomic mass is 19.4. The van der Waals surface area contributed by atoms with Gasteiger partial charge >= 0.3 is 6.18 Å². The average Bonchev–Trinajstić information content (AvgIpc) is 2.60. The van der Waals surface area contributed by atoms with Crippen molar-refractivity contribution in [2.24, 2.45) is 5.92 Å². The number of carbonyl (C=O) groups is 1. The van der Waals surface area contributed by atoms with Crippen LogP contribution in [-0.2, 0) is 15.7 Å². The van der Waals surface area contributed by atoms with Crippen molar-refractivity contribution in [2.75, 3.05) is 38.3 Å². The zero-order valence-corrected chi connectivity index (χ0v) is 14.2. The van der Waals surface area contributed by atoms with Crippen LogP contribution in [0.5, 0.6) is 0 Å².